The van der Waals surface area contributed by atoms with Crippen LogP contribution in [0.3, 0.4) is 0 Å². The molecule has 3 rings (SSSR count). The molecule has 0 N–H and O–H groups in total. The molecule has 1 aliphatic rings. The van der Waals surface area contributed by atoms with Crippen LogP contribution >= 0.6 is 0 Å². The lowest BCUT2D eigenvalue weighted by atomic mass is 10.1. The maximum Gasteiger partial charge on any atom is 0.365 e. The standard InChI is InChI=1S/C14H10N2O4/c1-15-7-6-9(8-15)14(19)20-16-12(17)10-4-2-3-5-11(10)13(16)18/h2-8H,1H3. The zero-order valence-corrected chi connectivity index (χ0v) is 10.6. The zero-order valence-electron chi connectivity index (χ0n) is 10.6. The Morgan fingerprint density at radius 3 is 2.15 bits per heavy atom. The Balaban J connectivity index is 1.85. The van der Waals surface area contributed by atoms with E-state index in [1.165, 1.54) is 12.1 Å². The van der Waals surface area contributed by atoms with Crippen LogP contribution in [0.2, 0.25) is 0 Å². The third kappa shape index (κ3) is 1.78. The SMILES string of the molecule is Cn1ccc(C(=O)ON2C(=O)c3ccccc3C2=O)c1. The van der Waals surface area contributed by atoms with Crippen LogP contribution in [0, 0.1) is 0 Å². The smallest absolute Gasteiger partial charge is 0.356 e. The predicted octanol–water partition coefficient (Wildman–Crippen LogP) is 1.39. The number of hydrogen-bond donors (Lipinski definition) is 0. The van der Waals surface area contributed by atoms with Crippen molar-refractivity contribution in [2.24, 2.45) is 7.05 Å². The van der Waals surface area contributed by atoms with Crippen LogP contribution < -0.4 is 0 Å². The monoisotopic (exact) mass is 270 g/mol. The minimum absolute atomic E-state index is 0.235. The van der Waals surface area contributed by atoms with Gasteiger partial charge in [0.25, 0.3) is 11.8 Å². The van der Waals surface area contributed by atoms with Crippen LogP contribution in [-0.2, 0) is 11.9 Å². The zero-order chi connectivity index (χ0) is 14.3. The normalized spacial score (nSPS) is 13.6. The first-order chi connectivity index (χ1) is 9.58. The van der Waals surface area contributed by atoms with Crippen LogP contribution in [0.4, 0.5) is 0 Å². The van der Waals surface area contributed by atoms with Gasteiger partial charge in [0.05, 0.1) is 16.7 Å². The Kier molecular flexibility index (Phi) is 2.64. The molecule has 0 radical (unpaired) electrons. The average molecular weight is 270 g/mol. The summed E-state index contributed by atoms with van der Waals surface area (Å²) in [5, 5.41) is 0.500. The molecule has 0 bridgehead atoms. The van der Waals surface area contributed by atoms with E-state index in [0.29, 0.717) is 5.06 Å². The molecule has 0 saturated heterocycles. The van der Waals surface area contributed by atoms with Gasteiger partial charge in [-0.15, -0.1) is 0 Å². The maximum atomic E-state index is 12.0. The molecule has 2 aromatic rings. The highest BCUT2D eigenvalue weighted by atomic mass is 16.7. The fraction of sp³-hybridized carbons (Fsp3) is 0.0714. The van der Waals surface area contributed by atoms with Gasteiger partial charge in [-0.1, -0.05) is 17.2 Å². The quantitative estimate of drug-likeness (QED) is 0.773. The Morgan fingerprint density at radius 1 is 1.05 bits per heavy atom. The molecule has 20 heavy (non-hydrogen) atoms. The summed E-state index contributed by atoms with van der Waals surface area (Å²) in [5.74, 6) is -2.01. The van der Waals surface area contributed by atoms with E-state index in [4.69, 9.17) is 4.84 Å². The highest BCUT2D eigenvalue weighted by Crippen LogP contribution is 2.23. The molecule has 1 aromatic heterocycles. The van der Waals surface area contributed by atoms with Crippen molar-refractivity contribution in [3.8, 4) is 0 Å². The third-order valence-corrected chi connectivity index (χ3v) is 3.00. The Hall–Kier alpha value is -2.89. The molecule has 0 atom stereocenters. The predicted molar refractivity (Wildman–Crippen MR) is 67.8 cm³/mol. The van der Waals surface area contributed by atoms with E-state index < -0.39 is 17.8 Å². The molecular formula is C14H10N2O4. The van der Waals surface area contributed by atoms with Gasteiger partial charge in [-0.3, -0.25) is 9.59 Å². The van der Waals surface area contributed by atoms with Crippen LogP contribution in [0.15, 0.2) is 42.7 Å². The Bertz CT molecular complexity index is 697. The molecule has 1 aromatic carbocycles. The van der Waals surface area contributed by atoms with Crippen molar-refractivity contribution < 1.29 is 19.2 Å². The third-order valence-electron chi connectivity index (χ3n) is 3.00. The van der Waals surface area contributed by atoms with Crippen molar-refractivity contribution >= 4 is 17.8 Å². The van der Waals surface area contributed by atoms with E-state index in [1.807, 2.05) is 0 Å². The highest BCUT2D eigenvalue weighted by molar-refractivity contribution is 6.21. The molecule has 2 amide bonds. The number of hydroxylamine groups is 2. The summed E-state index contributed by atoms with van der Waals surface area (Å²) in [7, 11) is 1.75. The summed E-state index contributed by atoms with van der Waals surface area (Å²) in [6.07, 6.45) is 3.21. The summed E-state index contributed by atoms with van der Waals surface area (Å²) in [6, 6.07) is 7.87. The molecule has 2 heterocycles. The number of aryl methyl sites for hydroxylation is 1. The van der Waals surface area contributed by atoms with Gasteiger partial charge in [0.1, 0.15) is 0 Å². The maximum absolute atomic E-state index is 12.0. The summed E-state index contributed by atoms with van der Waals surface area (Å²) in [4.78, 5) is 40.8. The Morgan fingerprint density at radius 2 is 1.65 bits per heavy atom. The van der Waals surface area contributed by atoms with Crippen LogP contribution in [-0.4, -0.2) is 27.4 Å². The van der Waals surface area contributed by atoms with E-state index in [9.17, 15) is 14.4 Å². The van der Waals surface area contributed by atoms with Crippen molar-refractivity contribution in [1.82, 2.24) is 9.63 Å². The number of imide groups is 1. The van der Waals surface area contributed by atoms with E-state index in [1.54, 1.807) is 42.2 Å². The molecule has 6 nitrogen and oxygen atoms in total. The number of hydrogen-bond acceptors (Lipinski definition) is 4. The van der Waals surface area contributed by atoms with Crippen LogP contribution in [0.5, 0.6) is 0 Å². The van der Waals surface area contributed by atoms with E-state index in [0.717, 1.165) is 0 Å². The fourth-order valence-corrected chi connectivity index (χ4v) is 2.01. The second-order valence-corrected chi connectivity index (χ2v) is 4.39. The molecule has 0 saturated carbocycles. The lowest BCUT2D eigenvalue weighted by Crippen LogP contribution is -2.32. The molecule has 1 aliphatic heterocycles. The molecule has 0 spiro atoms. The van der Waals surface area contributed by atoms with Crippen molar-refractivity contribution in [1.29, 1.82) is 0 Å². The van der Waals surface area contributed by atoms with E-state index >= 15 is 0 Å². The van der Waals surface area contributed by atoms with Gasteiger partial charge in [0.2, 0.25) is 0 Å². The number of carbonyl (C=O) groups is 3. The van der Waals surface area contributed by atoms with E-state index in [-0.39, 0.29) is 16.7 Å². The van der Waals surface area contributed by atoms with Crippen molar-refractivity contribution in [3.63, 3.8) is 0 Å². The van der Waals surface area contributed by atoms with Crippen LogP contribution in [0.25, 0.3) is 0 Å². The molecule has 6 heteroatoms. The average Bonchev–Trinajstić information content (AvgIpc) is 2.98. The van der Waals surface area contributed by atoms with Gasteiger partial charge < -0.3 is 9.40 Å². The van der Waals surface area contributed by atoms with Gasteiger partial charge in [-0.2, -0.15) is 0 Å². The number of aromatic nitrogens is 1. The topological polar surface area (TPSA) is 68.6 Å². The lowest BCUT2D eigenvalue weighted by Gasteiger charge is -2.11. The van der Waals surface area contributed by atoms with Crippen LogP contribution in [0.1, 0.15) is 31.1 Å². The first kappa shape index (κ1) is 12.2. The highest BCUT2D eigenvalue weighted by Gasteiger charge is 2.38. The van der Waals surface area contributed by atoms with Gasteiger partial charge in [-0.05, 0) is 18.2 Å². The number of benzene rings is 1. The molecule has 0 aliphatic carbocycles. The molecule has 0 fully saturated rings. The first-order valence-corrected chi connectivity index (χ1v) is 5.90. The fourth-order valence-electron chi connectivity index (χ4n) is 2.01. The second-order valence-electron chi connectivity index (χ2n) is 4.39. The van der Waals surface area contributed by atoms with Gasteiger partial charge in [-0.25, -0.2) is 4.79 Å². The van der Waals surface area contributed by atoms with Gasteiger partial charge in [0, 0.05) is 19.4 Å². The molecular weight excluding hydrogens is 260 g/mol. The summed E-state index contributed by atoms with van der Waals surface area (Å²) in [6.45, 7) is 0. The number of amides is 2. The summed E-state index contributed by atoms with van der Waals surface area (Å²) >= 11 is 0. The van der Waals surface area contributed by atoms with Crippen molar-refractivity contribution in [2.45, 2.75) is 0 Å². The van der Waals surface area contributed by atoms with E-state index in [2.05, 4.69) is 0 Å². The summed E-state index contributed by atoms with van der Waals surface area (Å²) in [5.41, 5.74) is 0.737. The van der Waals surface area contributed by atoms with Crippen molar-refractivity contribution in [3.05, 3.63) is 59.4 Å². The number of carbonyl (C=O) groups excluding carboxylic acids is 3. The lowest BCUT2D eigenvalue weighted by molar-refractivity contribution is -0.0584. The van der Waals surface area contributed by atoms with Gasteiger partial charge in [0.15, 0.2) is 0 Å². The summed E-state index contributed by atoms with van der Waals surface area (Å²) < 4.78 is 1.67. The number of nitrogens with zero attached hydrogens (tertiary/aromatic N) is 2. The minimum atomic E-state index is -0.750. The van der Waals surface area contributed by atoms with Gasteiger partial charge >= 0.3 is 5.97 Å². The second kappa shape index (κ2) is 4.34. The number of fused-ring (bicyclic) bond motifs is 1. The molecule has 100 valence electrons. The van der Waals surface area contributed by atoms with Crippen molar-refractivity contribution in [2.75, 3.05) is 0 Å². The number of rotatable bonds is 2. The first-order valence-electron chi connectivity index (χ1n) is 5.90. The minimum Gasteiger partial charge on any atom is -0.356 e. The Labute approximate surface area is 114 Å². The largest absolute Gasteiger partial charge is 0.365 e. The molecule has 0 unspecified atom stereocenters.